The van der Waals surface area contributed by atoms with Crippen LogP contribution in [0.1, 0.15) is 75.5 Å². The van der Waals surface area contributed by atoms with E-state index >= 15 is 0 Å². The highest BCUT2D eigenvalue weighted by molar-refractivity contribution is 5.72. The highest BCUT2D eigenvalue weighted by Gasteiger charge is 2.47. The molecule has 2 aromatic rings. The topological polar surface area (TPSA) is 67.9 Å². The Morgan fingerprint density at radius 3 is 2.61 bits per heavy atom. The molecule has 2 bridgehead atoms. The van der Waals surface area contributed by atoms with Crippen molar-refractivity contribution in [1.82, 2.24) is 10.2 Å². The first-order valence-corrected chi connectivity index (χ1v) is 13.6. The van der Waals surface area contributed by atoms with Gasteiger partial charge < -0.3 is 19.7 Å². The molecule has 5 rings (SSSR count). The first-order chi connectivity index (χ1) is 17.5. The second kappa shape index (κ2) is 10.5. The Labute approximate surface area is 214 Å². The SMILES string of the molecule is CCN(C(=O)Oc1ccc2c(c1)[C@@]1(C)CCCCC[C@@H](C2)[C@@H]1NC(=O)OCc1ccccc1)C1CC1. The van der Waals surface area contributed by atoms with Crippen molar-refractivity contribution < 1.29 is 19.1 Å². The smallest absolute Gasteiger partial charge is 0.415 e. The Kier molecular flexibility index (Phi) is 7.22. The highest BCUT2D eigenvalue weighted by atomic mass is 16.6. The van der Waals surface area contributed by atoms with Gasteiger partial charge in [0.05, 0.1) is 0 Å². The van der Waals surface area contributed by atoms with Crippen molar-refractivity contribution in [3.63, 3.8) is 0 Å². The lowest BCUT2D eigenvalue weighted by Gasteiger charge is -2.49. The van der Waals surface area contributed by atoms with Crippen molar-refractivity contribution in [2.75, 3.05) is 6.54 Å². The summed E-state index contributed by atoms with van der Waals surface area (Å²) in [4.78, 5) is 27.6. The molecule has 0 unspecified atom stereocenters. The van der Waals surface area contributed by atoms with Crippen molar-refractivity contribution in [3.8, 4) is 5.75 Å². The number of hydrogen-bond donors (Lipinski definition) is 1. The molecule has 3 atom stereocenters. The van der Waals surface area contributed by atoms with E-state index in [0.717, 1.165) is 44.1 Å². The number of amides is 2. The number of nitrogens with zero attached hydrogens (tertiary/aromatic N) is 1. The minimum Gasteiger partial charge on any atom is -0.445 e. The summed E-state index contributed by atoms with van der Waals surface area (Å²) in [6.45, 7) is 5.17. The van der Waals surface area contributed by atoms with Crippen LogP contribution in [0.5, 0.6) is 5.75 Å². The summed E-state index contributed by atoms with van der Waals surface area (Å²) in [5, 5.41) is 3.27. The van der Waals surface area contributed by atoms with E-state index < -0.39 is 0 Å². The van der Waals surface area contributed by atoms with E-state index in [1.807, 2.05) is 48.2 Å². The van der Waals surface area contributed by atoms with Gasteiger partial charge in [-0.2, -0.15) is 0 Å². The predicted octanol–water partition coefficient (Wildman–Crippen LogP) is 6.36. The second-order valence-corrected chi connectivity index (χ2v) is 10.9. The fraction of sp³-hybridized carbons (Fsp3) is 0.533. The molecule has 3 aliphatic carbocycles. The second-order valence-electron chi connectivity index (χ2n) is 10.9. The molecule has 0 heterocycles. The summed E-state index contributed by atoms with van der Waals surface area (Å²) in [6.07, 6.45) is 7.93. The third kappa shape index (κ3) is 5.23. The maximum absolute atomic E-state index is 13.0. The summed E-state index contributed by atoms with van der Waals surface area (Å²) >= 11 is 0. The quantitative estimate of drug-likeness (QED) is 0.512. The van der Waals surface area contributed by atoms with Crippen LogP contribution < -0.4 is 10.1 Å². The Balaban J connectivity index is 1.36. The van der Waals surface area contributed by atoms with Crippen LogP contribution in [0.25, 0.3) is 0 Å². The van der Waals surface area contributed by atoms with Gasteiger partial charge in [0.15, 0.2) is 0 Å². The molecule has 6 nitrogen and oxygen atoms in total. The predicted molar refractivity (Wildman–Crippen MR) is 139 cm³/mol. The van der Waals surface area contributed by atoms with Crippen LogP contribution in [0.2, 0.25) is 0 Å². The molecule has 0 aliphatic heterocycles. The number of carbonyl (C=O) groups excluding carboxylic acids is 2. The lowest BCUT2D eigenvalue weighted by Crippen LogP contribution is -2.57. The van der Waals surface area contributed by atoms with Gasteiger partial charge in [-0.3, -0.25) is 0 Å². The van der Waals surface area contributed by atoms with Gasteiger partial charge in [0, 0.05) is 24.0 Å². The van der Waals surface area contributed by atoms with E-state index in [2.05, 4.69) is 24.4 Å². The minimum absolute atomic E-state index is 0.0295. The van der Waals surface area contributed by atoms with Gasteiger partial charge in [0.25, 0.3) is 0 Å². The van der Waals surface area contributed by atoms with Crippen molar-refractivity contribution in [2.24, 2.45) is 5.92 Å². The molecule has 0 radical (unpaired) electrons. The number of hydrogen-bond acceptors (Lipinski definition) is 4. The van der Waals surface area contributed by atoms with E-state index in [9.17, 15) is 9.59 Å². The van der Waals surface area contributed by atoms with Gasteiger partial charge in [-0.05, 0) is 73.8 Å². The van der Waals surface area contributed by atoms with Crippen molar-refractivity contribution >= 4 is 12.2 Å². The van der Waals surface area contributed by atoms with Crippen molar-refractivity contribution in [2.45, 2.75) is 89.3 Å². The molecule has 192 valence electrons. The maximum Gasteiger partial charge on any atom is 0.415 e. The summed E-state index contributed by atoms with van der Waals surface area (Å²) in [5.41, 5.74) is 3.21. The van der Waals surface area contributed by atoms with E-state index in [4.69, 9.17) is 9.47 Å². The zero-order chi connectivity index (χ0) is 25.1. The molecule has 1 N–H and O–H groups in total. The molecule has 2 aromatic carbocycles. The van der Waals surface area contributed by atoms with E-state index in [1.54, 1.807) is 0 Å². The zero-order valence-electron chi connectivity index (χ0n) is 21.5. The van der Waals surface area contributed by atoms with Gasteiger partial charge in [-0.1, -0.05) is 62.6 Å². The minimum atomic E-state index is -0.366. The van der Waals surface area contributed by atoms with Gasteiger partial charge in [-0.15, -0.1) is 0 Å². The average molecular weight is 491 g/mol. The van der Waals surface area contributed by atoms with Crippen LogP contribution in [-0.2, 0) is 23.2 Å². The third-order valence-corrected chi connectivity index (χ3v) is 8.36. The van der Waals surface area contributed by atoms with Crippen molar-refractivity contribution in [3.05, 3.63) is 65.2 Å². The number of fused-ring (bicyclic) bond motifs is 4. The van der Waals surface area contributed by atoms with Crippen LogP contribution >= 0.6 is 0 Å². The van der Waals surface area contributed by atoms with Gasteiger partial charge in [-0.25, -0.2) is 9.59 Å². The largest absolute Gasteiger partial charge is 0.445 e. The standard InChI is InChI=1S/C30H38N2O4/c1-3-32(24-14-15-24)29(34)36-25-16-13-22-18-23-12-8-5-9-17-30(2,26(22)19-25)27(23)31-28(33)35-20-21-10-6-4-7-11-21/h4,6-7,10-11,13,16,19,23-24,27H,3,5,8-9,12,14-15,17-18,20H2,1-2H3,(H,31,33)/t23-,27-,30+/m0/s1. The molecule has 2 fully saturated rings. The number of ether oxygens (including phenoxy) is 2. The molecular weight excluding hydrogens is 452 g/mol. The van der Waals surface area contributed by atoms with E-state index in [0.29, 0.717) is 24.3 Å². The van der Waals surface area contributed by atoms with Gasteiger partial charge >= 0.3 is 12.2 Å². The fourth-order valence-electron chi connectivity index (χ4n) is 6.30. The van der Waals surface area contributed by atoms with Crippen molar-refractivity contribution in [1.29, 1.82) is 0 Å². The fourth-order valence-corrected chi connectivity index (χ4v) is 6.30. The van der Waals surface area contributed by atoms with E-state index in [-0.39, 0.29) is 30.3 Å². The van der Waals surface area contributed by atoms with Gasteiger partial charge in [0.2, 0.25) is 0 Å². The Bertz CT molecular complexity index is 1080. The number of rotatable bonds is 6. The normalized spacial score (nSPS) is 25.1. The number of benzene rings is 2. The Morgan fingerprint density at radius 2 is 1.86 bits per heavy atom. The Hall–Kier alpha value is -3.02. The lowest BCUT2D eigenvalue weighted by molar-refractivity contribution is 0.110. The molecule has 3 aliphatic rings. The highest BCUT2D eigenvalue weighted by Crippen LogP contribution is 2.47. The number of nitrogens with one attached hydrogen (secondary N) is 1. The van der Waals surface area contributed by atoms with Crippen LogP contribution in [0.4, 0.5) is 9.59 Å². The maximum atomic E-state index is 13.0. The molecule has 2 saturated carbocycles. The average Bonchev–Trinajstić information content (AvgIpc) is 3.71. The van der Waals surface area contributed by atoms with Crippen LogP contribution in [0.3, 0.4) is 0 Å². The molecule has 2 amide bonds. The number of carbonyl (C=O) groups is 2. The molecular formula is C30H38N2O4. The first-order valence-electron chi connectivity index (χ1n) is 13.6. The first kappa shape index (κ1) is 24.7. The molecule has 6 heteroatoms. The summed E-state index contributed by atoms with van der Waals surface area (Å²) < 4.78 is 11.5. The summed E-state index contributed by atoms with van der Waals surface area (Å²) in [6, 6.07) is 16.2. The lowest BCUT2D eigenvalue weighted by atomic mass is 9.59. The molecule has 0 spiro atoms. The Morgan fingerprint density at radius 1 is 1.06 bits per heavy atom. The summed E-state index contributed by atoms with van der Waals surface area (Å²) in [7, 11) is 0. The monoisotopic (exact) mass is 490 g/mol. The molecule has 0 aromatic heterocycles. The molecule has 36 heavy (non-hydrogen) atoms. The van der Waals surface area contributed by atoms with Crippen LogP contribution in [0.15, 0.2) is 48.5 Å². The third-order valence-electron chi connectivity index (χ3n) is 8.36. The zero-order valence-corrected chi connectivity index (χ0v) is 21.5. The van der Waals surface area contributed by atoms with Crippen LogP contribution in [-0.4, -0.2) is 35.7 Å². The number of alkyl carbamates (subject to hydrolysis) is 1. The summed E-state index contributed by atoms with van der Waals surface area (Å²) in [5.74, 6) is 0.941. The molecule has 0 saturated heterocycles. The van der Waals surface area contributed by atoms with Gasteiger partial charge in [0.1, 0.15) is 12.4 Å². The van der Waals surface area contributed by atoms with E-state index in [1.165, 1.54) is 24.0 Å². The van der Waals surface area contributed by atoms with Crippen LogP contribution in [0, 0.1) is 5.92 Å².